The number of nitrogens with one attached hydrogen (secondary N) is 2. The monoisotopic (exact) mass is 412 g/mol. The fourth-order valence-corrected chi connectivity index (χ4v) is 3.60. The van der Waals surface area contributed by atoms with Crippen LogP contribution in [-0.4, -0.2) is 55.2 Å². The summed E-state index contributed by atoms with van der Waals surface area (Å²) in [6.07, 6.45) is 0. The van der Waals surface area contributed by atoms with Crippen LogP contribution >= 0.6 is 0 Å². The summed E-state index contributed by atoms with van der Waals surface area (Å²) in [6, 6.07) is 12.8. The van der Waals surface area contributed by atoms with Crippen molar-refractivity contribution in [2.45, 2.75) is 19.6 Å². The number of likely N-dealkylation sites (N-methyl/N-ethyl adjacent to an activating group) is 1. The molecule has 0 saturated carbocycles. The van der Waals surface area contributed by atoms with E-state index in [2.05, 4.69) is 15.5 Å². The Labute approximate surface area is 176 Å². The summed E-state index contributed by atoms with van der Waals surface area (Å²) in [5, 5.41) is 17.3. The molecule has 3 N–H and O–H groups in total. The molecule has 1 aliphatic rings. The van der Waals surface area contributed by atoms with Crippen LogP contribution in [-0.2, 0) is 10.5 Å². The molecular weight excluding hydrogens is 384 g/mol. The third kappa shape index (κ3) is 3.96. The van der Waals surface area contributed by atoms with E-state index in [9.17, 15) is 14.7 Å². The van der Waals surface area contributed by atoms with E-state index in [0.717, 1.165) is 18.0 Å². The molecule has 1 unspecified atom stereocenters. The smallest absolute Gasteiger partial charge is 0.329 e. The van der Waals surface area contributed by atoms with Crippen molar-refractivity contribution in [3.8, 4) is 5.75 Å². The molecule has 0 radical (unpaired) electrons. The lowest BCUT2D eigenvalue weighted by molar-refractivity contribution is -0.140. The lowest BCUT2D eigenvalue weighted by Crippen LogP contribution is -2.63. The number of aliphatic hydroxyl groups is 1. The van der Waals surface area contributed by atoms with Crippen LogP contribution < -0.4 is 20.3 Å². The molecule has 8 heteroatoms. The van der Waals surface area contributed by atoms with Crippen molar-refractivity contribution in [2.75, 3.05) is 43.5 Å². The highest BCUT2D eigenvalue weighted by Crippen LogP contribution is 2.40. The number of hydrogen-bond donors (Lipinski definition) is 3. The van der Waals surface area contributed by atoms with Crippen LogP contribution in [0.2, 0.25) is 0 Å². The quantitative estimate of drug-likeness (QED) is 0.619. The van der Waals surface area contributed by atoms with Crippen molar-refractivity contribution in [3.05, 3.63) is 54.1 Å². The zero-order valence-corrected chi connectivity index (χ0v) is 17.5. The Balaban J connectivity index is 2.00. The minimum absolute atomic E-state index is 0.299. The van der Waals surface area contributed by atoms with E-state index in [0.29, 0.717) is 35.8 Å². The predicted molar refractivity (Wildman–Crippen MR) is 116 cm³/mol. The number of hydrogen-bond acceptors (Lipinski definition) is 5. The molecule has 8 nitrogen and oxygen atoms in total. The third-order valence-electron chi connectivity index (χ3n) is 5.31. The fourth-order valence-electron chi connectivity index (χ4n) is 3.60. The highest BCUT2D eigenvalue weighted by atomic mass is 16.5. The van der Waals surface area contributed by atoms with Crippen LogP contribution in [0.3, 0.4) is 0 Å². The molecular formula is C22H28N4O4. The second-order valence-electron chi connectivity index (χ2n) is 6.97. The summed E-state index contributed by atoms with van der Waals surface area (Å²) in [4.78, 5) is 29.5. The molecule has 0 fully saturated rings. The van der Waals surface area contributed by atoms with Crippen LogP contribution in [0.1, 0.15) is 19.4 Å². The van der Waals surface area contributed by atoms with E-state index >= 15 is 0 Å². The standard InChI is InChI=1S/C22H28N4O4/c1-4-25(5-2)14-13-23-20(27)22(29)18-11-6-7-12-19(18)24-21(28)26(22)16-9-8-10-17(15-16)30-3/h6-12,15,29H,4-5,13-14H2,1-3H3,(H,23,27)(H,24,28). The molecule has 3 amide bonds. The van der Waals surface area contributed by atoms with Gasteiger partial charge in [-0.2, -0.15) is 0 Å². The van der Waals surface area contributed by atoms with Crippen molar-refractivity contribution in [3.63, 3.8) is 0 Å². The van der Waals surface area contributed by atoms with E-state index < -0.39 is 17.7 Å². The van der Waals surface area contributed by atoms with Crippen LogP contribution in [0.15, 0.2) is 48.5 Å². The number of amides is 3. The van der Waals surface area contributed by atoms with Crippen LogP contribution in [0.25, 0.3) is 0 Å². The van der Waals surface area contributed by atoms with Gasteiger partial charge in [-0.05, 0) is 31.3 Å². The summed E-state index contributed by atoms with van der Waals surface area (Å²) >= 11 is 0. The number of benzene rings is 2. The number of fused-ring (bicyclic) bond motifs is 1. The Bertz CT molecular complexity index is 916. The van der Waals surface area contributed by atoms with Gasteiger partial charge in [-0.1, -0.05) is 38.1 Å². The summed E-state index contributed by atoms with van der Waals surface area (Å²) < 4.78 is 5.25. The average Bonchev–Trinajstić information content (AvgIpc) is 2.76. The lowest BCUT2D eigenvalue weighted by Gasteiger charge is -2.42. The second-order valence-corrected chi connectivity index (χ2v) is 6.97. The van der Waals surface area contributed by atoms with Crippen LogP contribution in [0.4, 0.5) is 16.2 Å². The largest absolute Gasteiger partial charge is 0.497 e. The number of urea groups is 1. The van der Waals surface area contributed by atoms with Crippen molar-refractivity contribution in [1.29, 1.82) is 0 Å². The molecule has 1 aliphatic heterocycles. The van der Waals surface area contributed by atoms with Gasteiger partial charge in [-0.15, -0.1) is 0 Å². The summed E-state index contributed by atoms with van der Waals surface area (Å²) in [5.41, 5.74) is -1.19. The molecule has 0 aromatic heterocycles. The van der Waals surface area contributed by atoms with Gasteiger partial charge in [0.25, 0.3) is 11.6 Å². The van der Waals surface area contributed by atoms with E-state index in [4.69, 9.17) is 4.74 Å². The molecule has 1 atom stereocenters. The molecule has 0 spiro atoms. The van der Waals surface area contributed by atoms with Gasteiger partial charge in [0, 0.05) is 24.7 Å². The Morgan fingerprint density at radius 2 is 1.93 bits per heavy atom. The number of anilines is 2. The number of nitrogens with zero attached hydrogens (tertiary/aromatic N) is 2. The summed E-state index contributed by atoms with van der Waals surface area (Å²) in [6.45, 7) is 6.80. The number of rotatable bonds is 8. The Kier molecular flexibility index (Phi) is 6.59. The Morgan fingerprint density at radius 1 is 1.20 bits per heavy atom. The van der Waals surface area contributed by atoms with Gasteiger partial charge in [0.1, 0.15) is 5.75 Å². The maximum absolute atomic E-state index is 13.3. The first-order valence-electron chi connectivity index (χ1n) is 10.0. The molecule has 1 heterocycles. The van der Waals surface area contributed by atoms with Crippen molar-refractivity contribution in [1.82, 2.24) is 10.2 Å². The highest BCUT2D eigenvalue weighted by molar-refractivity contribution is 6.11. The molecule has 2 aromatic carbocycles. The van der Waals surface area contributed by atoms with E-state index in [1.807, 2.05) is 13.8 Å². The molecule has 3 rings (SSSR count). The Morgan fingerprint density at radius 3 is 2.63 bits per heavy atom. The van der Waals surface area contributed by atoms with Gasteiger partial charge in [0.15, 0.2) is 0 Å². The lowest BCUT2D eigenvalue weighted by atomic mass is 9.94. The van der Waals surface area contributed by atoms with Gasteiger partial charge in [-0.3, -0.25) is 9.69 Å². The predicted octanol–water partition coefficient (Wildman–Crippen LogP) is 2.35. The maximum Gasteiger partial charge on any atom is 0.329 e. The van der Waals surface area contributed by atoms with Crippen molar-refractivity contribution >= 4 is 23.3 Å². The number of carbonyl (C=O) groups is 2. The zero-order chi connectivity index (χ0) is 21.7. The fraction of sp³-hybridized carbons (Fsp3) is 0.364. The first-order valence-corrected chi connectivity index (χ1v) is 10.0. The summed E-state index contributed by atoms with van der Waals surface area (Å²) in [5.74, 6) is -0.164. The summed E-state index contributed by atoms with van der Waals surface area (Å²) in [7, 11) is 1.51. The number of methoxy groups -OCH3 is 1. The van der Waals surface area contributed by atoms with E-state index in [1.54, 1.807) is 48.5 Å². The second kappa shape index (κ2) is 9.15. The zero-order valence-electron chi connectivity index (χ0n) is 17.5. The normalized spacial score (nSPS) is 18.0. The van der Waals surface area contributed by atoms with Crippen molar-refractivity contribution < 1.29 is 19.4 Å². The minimum Gasteiger partial charge on any atom is -0.497 e. The first-order chi connectivity index (χ1) is 14.4. The van der Waals surface area contributed by atoms with E-state index in [1.165, 1.54) is 7.11 Å². The maximum atomic E-state index is 13.3. The van der Waals surface area contributed by atoms with Gasteiger partial charge >= 0.3 is 6.03 Å². The molecule has 2 aromatic rings. The first kappa shape index (κ1) is 21.6. The molecule has 160 valence electrons. The van der Waals surface area contributed by atoms with Gasteiger partial charge in [-0.25, -0.2) is 4.79 Å². The van der Waals surface area contributed by atoms with Crippen molar-refractivity contribution in [2.24, 2.45) is 0 Å². The average molecular weight is 412 g/mol. The highest BCUT2D eigenvalue weighted by Gasteiger charge is 2.51. The molecule has 0 aliphatic carbocycles. The van der Waals surface area contributed by atoms with Crippen LogP contribution in [0.5, 0.6) is 5.75 Å². The van der Waals surface area contributed by atoms with Gasteiger partial charge in [0.2, 0.25) is 0 Å². The number of ether oxygens (including phenoxy) is 1. The topological polar surface area (TPSA) is 94.1 Å². The molecule has 30 heavy (non-hydrogen) atoms. The SMILES string of the molecule is CCN(CC)CCNC(=O)C1(O)c2ccccc2NC(=O)N1c1cccc(OC)c1. The Hall–Kier alpha value is -3.10. The molecule has 0 bridgehead atoms. The van der Waals surface area contributed by atoms with Crippen LogP contribution in [0, 0.1) is 0 Å². The molecule has 0 saturated heterocycles. The van der Waals surface area contributed by atoms with E-state index in [-0.39, 0.29) is 0 Å². The third-order valence-corrected chi connectivity index (χ3v) is 5.31. The number of para-hydroxylation sites is 1. The minimum atomic E-state index is -2.21. The number of carbonyl (C=O) groups excluding carboxylic acids is 2. The van der Waals surface area contributed by atoms with Gasteiger partial charge < -0.3 is 25.4 Å². The van der Waals surface area contributed by atoms with Gasteiger partial charge in [0.05, 0.1) is 18.5 Å².